The molecule has 8 heteroatoms. The van der Waals surface area contributed by atoms with Crippen molar-refractivity contribution in [3.8, 4) is 5.75 Å². The van der Waals surface area contributed by atoms with Crippen LogP contribution in [0.3, 0.4) is 0 Å². The van der Waals surface area contributed by atoms with Crippen molar-refractivity contribution in [3.63, 3.8) is 0 Å². The minimum Gasteiger partial charge on any atom is -0.494 e. The molecule has 2 aromatic carbocycles. The number of piperidine rings is 1. The van der Waals surface area contributed by atoms with Gasteiger partial charge in [-0.15, -0.1) is 0 Å². The number of nitrogens with zero attached hydrogens (tertiary/aromatic N) is 1. The van der Waals surface area contributed by atoms with Crippen LogP contribution in [0.25, 0.3) is 0 Å². The Hall–Kier alpha value is -1.63. The maximum Gasteiger partial charge on any atom is 0.265 e. The van der Waals surface area contributed by atoms with E-state index in [0.717, 1.165) is 48.3 Å². The highest BCUT2D eigenvalue weighted by atomic mass is 35.5. The van der Waals surface area contributed by atoms with E-state index in [9.17, 15) is 8.42 Å². The van der Waals surface area contributed by atoms with Gasteiger partial charge in [-0.1, -0.05) is 29.3 Å². The van der Waals surface area contributed by atoms with Crippen LogP contribution >= 0.6 is 23.2 Å². The number of hydrogen-bond acceptors (Lipinski definition) is 4. The highest BCUT2D eigenvalue weighted by Crippen LogP contribution is 2.39. The zero-order valence-corrected chi connectivity index (χ0v) is 19.4. The van der Waals surface area contributed by atoms with Gasteiger partial charge >= 0.3 is 0 Å². The minimum atomic E-state index is -3.97. The maximum atomic E-state index is 13.2. The van der Waals surface area contributed by atoms with Gasteiger partial charge in [-0.2, -0.15) is 0 Å². The van der Waals surface area contributed by atoms with Crippen LogP contribution in [0.15, 0.2) is 23.1 Å². The molecule has 3 rings (SSSR count). The standard InChI is InChI=1S/C21H26Cl2N2O3S/c1-13-10-14(2)20(25-8-6-5-7-9-25)15(3)19(13)24-29(26,27)18-12-16(22)11-17(23)21(18)28-4/h10-12,24H,5-9H2,1-4H3. The number of aryl methyl sites for hydroxylation is 2. The Labute approximate surface area is 183 Å². The average molecular weight is 457 g/mol. The quantitative estimate of drug-likeness (QED) is 0.624. The lowest BCUT2D eigenvalue weighted by atomic mass is 9.99. The Balaban J connectivity index is 2.08. The van der Waals surface area contributed by atoms with Crippen molar-refractivity contribution in [2.75, 3.05) is 29.8 Å². The summed E-state index contributed by atoms with van der Waals surface area (Å²) in [5.74, 6) is 0.0715. The number of rotatable bonds is 5. The number of methoxy groups -OCH3 is 1. The Morgan fingerprint density at radius 3 is 2.28 bits per heavy atom. The van der Waals surface area contributed by atoms with Crippen LogP contribution in [0.4, 0.5) is 11.4 Å². The number of ether oxygens (including phenoxy) is 1. The molecule has 1 heterocycles. The molecule has 0 radical (unpaired) electrons. The van der Waals surface area contributed by atoms with E-state index in [1.54, 1.807) is 0 Å². The molecule has 1 saturated heterocycles. The van der Waals surface area contributed by atoms with Crippen molar-refractivity contribution in [3.05, 3.63) is 44.9 Å². The van der Waals surface area contributed by atoms with E-state index in [4.69, 9.17) is 27.9 Å². The number of anilines is 2. The van der Waals surface area contributed by atoms with Crippen LogP contribution in [0, 0.1) is 20.8 Å². The van der Waals surface area contributed by atoms with Crippen LogP contribution in [0.5, 0.6) is 5.75 Å². The smallest absolute Gasteiger partial charge is 0.265 e. The molecule has 0 spiro atoms. The van der Waals surface area contributed by atoms with Crippen molar-refractivity contribution in [2.24, 2.45) is 0 Å². The molecular formula is C21H26Cl2N2O3S. The number of halogens is 2. The van der Waals surface area contributed by atoms with Gasteiger partial charge in [0.2, 0.25) is 0 Å². The van der Waals surface area contributed by atoms with E-state index >= 15 is 0 Å². The molecule has 0 saturated carbocycles. The van der Waals surface area contributed by atoms with E-state index in [0.29, 0.717) is 5.69 Å². The van der Waals surface area contributed by atoms with Gasteiger partial charge in [-0.05, 0) is 68.9 Å². The minimum absolute atomic E-state index is 0.0715. The topological polar surface area (TPSA) is 58.6 Å². The lowest BCUT2D eigenvalue weighted by molar-refractivity contribution is 0.403. The van der Waals surface area contributed by atoms with Crippen LogP contribution < -0.4 is 14.4 Å². The molecule has 0 aromatic heterocycles. The van der Waals surface area contributed by atoms with Crippen molar-refractivity contribution >= 4 is 44.6 Å². The SMILES string of the molecule is COc1c(Cl)cc(Cl)cc1S(=O)(=O)Nc1c(C)cc(C)c(N2CCCCC2)c1C. The normalized spacial score (nSPS) is 14.8. The van der Waals surface area contributed by atoms with Crippen LogP contribution in [0.1, 0.15) is 36.0 Å². The van der Waals surface area contributed by atoms with Crippen molar-refractivity contribution in [2.45, 2.75) is 44.9 Å². The molecular weight excluding hydrogens is 431 g/mol. The average Bonchev–Trinajstić information content (AvgIpc) is 2.65. The van der Waals surface area contributed by atoms with E-state index in [1.807, 2.05) is 19.9 Å². The zero-order valence-electron chi connectivity index (χ0n) is 17.1. The van der Waals surface area contributed by atoms with Gasteiger partial charge in [0.15, 0.2) is 5.75 Å². The van der Waals surface area contributed by atoms with E-state index in [1.165, 1.54) is 25.7 Å². The molecule has 29 heavy (non-hydrogen) atoms. The predicted octanol–water partition coefficient (Wildman–Crippen LogP) is 5.72. The Morgan fingerprint density at radius 1 is 1.00 bits per heavy atom. The fraction of sp³-hybridized carbons (Fsp3) is 0.429. The first kappa shape index (κ1) is 22.1. The number of benzene rings is 2. The monoisotopic (exact) mass is 456 g/mol. The van der Waals surface area contributed by atoms with Gasteiger partial charge in [0.1, 0.15) is 4.90 Å². The lowest BCUT2D eigenvalue weighted by Gasteiger charge is -2.33. The van der Waals surface area contributed by atoms with Gasteiger partial charge < -0.3 is 9.64 Å². The van der Waals surface area contributed by atoms with E-state index < -0.39 is 10.0 Å². The fourth-order valence-electron chi connectivity index (χ4n) is 4.06. The number of hydrogen-bond donors (Lipinski definition) is 1. The highest BCUT2D eigenvalue weighted by Gasteiger charge is 2.26. The van der Waals surface area contributed by atoms with Crippen LogP contribution in [0.2, 0.25) is 10.0 Å². The Kier molecular flexibility index (Phi) is 6.56. The van der Waals surface area contributed by atoms with Gasteiger partial charge in [0, 0.05) is 23.8 Å². The molecule has 0 amide bonds. The third-order valence-corrected chi connectivity index (χ3v) is 7.16. The summed E-state index contributed by atoms with van der Waals surface area (Å²) in [5.41, 5.74) is 4.60. The van der Waals surface area contributed by atoms with Crippen molar-refractivity contribution in [1.29, 1.82) is 0 Å². The first-order valence-corrected chi connectivity index (χ1v) is 11.8. The summed E-state index contributed by atoms with van der Waals surface area (Å²) in [5, 5.41) is 0.370. The molecule has 0 bridgehead atoms. The lowest BCUT2D eigenvalue weighted by Crippen LogP contribution is -2.31. The molecule has 5 nitrogen and oxygen atoms in total. The first-order valence-electron chi connectivity index (χ1n) is 9.57. The van der Waals surface area contributed by atoms with E-state index in [2.05, 4.69) is 16.5 Å². The summed E-state index contributed by atoms with van der Waals surface area (Å²) in [6, 6.07) is 4.83. The summed E-state index contributed by atoms with van der Waals surface area (Å²) < 4.78 is 34.5. The second kappa shape index (κ2) is 8.62. The van der Waals surface area contributed by atoms with Crippen LogP contribution in [-0.4, -0.2) is 28.6 Å². The second-order valence-electron chi connectivity index (χ2n) is 7.43. The Bertz CT molecular complexity index is 1030. The molecule has 1 aliphatic heterocycles. The van der Waals surface area contributed by atoms with Gasteiger partial charge in [-0.3, -0.25) is 4.72 Å². The third kappa shape index (κ3) is 4.44. The summed E-state index contributed by atoms with van der Waals surface area (Å²) in [6.07, 6.45) is 3.52. The molecule has 1 aliphatic rings. The highest BCUT2D eigenvalue weighted by molar-refractivity contribution is 7.92. The van der Waals surface area contributed by atoms with Gasteiger partial charge in [-0.25, -0.2) is 8.42 Å². The van der Waals surface area contributed by atoms with E-state index in [-0.39, 0.29) is 20.7 Å². The maximum absolute atomic E-state index is 13.2. The van der Waals surface area contributed by atoms with Gasteiger partial charge in [0.25, 0.3) is 10.0 Å². The first-order chi connectivity index (χ1) is 13.7. The molecule has 0 unspecified atom stereocenters. The summed E-state index contributed by atoms with van der Waals surface area (Å²) in [6.45, 7) is 7.90. The zero-order chi connectivity index (χ0) is 21.3. The summed E-state index contributed by atoms with van der Waals surface area (Å²) in [4.78, 5) is 2.26. The fourth-order valence-corrected chi connectivity index (χ4v) is 6.16. The molecule has 1 fully saturated rings. The molecule has 158 valence electrons. The third-order valence-electron chi connectivity index (χ3n) is 5.31. The Morgan fingerprint density at radius 2 is 1.66 bits per heavy atom. The van der Waals surface area contributed by atoms with Gasteiger partial charge in [0.05, 0.1) is 17.8 Å². The molecule has 1 N–H and O–H groups in total. The number of nitrogens with one attached hydrogen (secondary N) is 1. The molecule has 0 aliphatic carbocycles. The van der Waals surface area contributed by atoms with Crippen LogP contribution in [-0.2, 0) is 10.0 Å². The second-order valence-corrected chi connectivity index (χ2v) is 9.93. The van der Waals surface area contributed by atoms with Crippen molar-refractivity contribution < 1.29 is 13.2 Å². The van der Waals surface area contributed by atoms with Crippen molar-refractivity contribution in [1.82, 2.24) is 0 Å². The largest absolute Gasteiger partial charge is 0.494 e. The summed E-state index contributed by atoms with van der Waals surface area (Å²) in [7, 11) is -2.59. The number of sulfonamides is 1. The molecule has 0 atom stereocenters. The molecule has 2 aromatic rings. The summed E-state index contributed by atoms with van der Waals surface area (Å²) >= 11 is 12.2. The predicted molar refractivity (Wildman–Crippen MR) is 121 cm³/mol.